The Balaban J connectivity index is 1.33. The molecule has 0 bridgehead atoms. The van der Waals surface area contributed by atoms with Crippen molar-refractivity contribution < 1.29 is 19.0 Å². The van der Waals surface area contributed by atoms with Crippen molar-refractivity contribution in [2.75, 3.05) is 46.1 Å². The molecular formula is C24H31N3O4S. The van der Waals surface area contributed by atoms with Crippen LogP contribution in [0.15, 0.2) is 28.7 Å². The SMILES string of the molecule is CCOc1cc(/C=N\NC(=O)c2csc3c2CCCC3)ccc1OCCN1CCOCC1. The van der Waals surface area contributed by atoms with Gasteiger partial charge in [-0.3, -0.25) is 9.69 Å². The zero-order valence-electron chi connectivity index (χ0n) is 18.6. The average molecular weight is 458 g/mol. The van der Waals surface area contributed by atoms with Gasteiger partial charge >= 0.3 is 0 Å². The maximum atomic E-state index is 12.6. The highest BCUT2D eigenvalue weighted by Gasteiger charge is 2.19. The van der Waals surface area contributed by atoms with E-state index in [1.54, 1.807) is 17.6 Å². The van der Waals surface area contributed by atoms with Gasteiger partial charge in [-0.05, 0) is 61.9 Å². The Morgan fingerprint density at radius 2 is 2.06 bits per heavy atom. The van der Waals surface area contributed by atoms with E-state index in [-0.39, 0.29) is 5.91 Å². The van der Waals surface area contributed by atoms with Crippen molar-refractivity contribution >= 4 is 23.5 Å². The van der Waals surface area contributed by atoms with Crippen molar-refractivity contribution in [2.45, 2.75) is 32.6 Å². The molecule has 1 N–H and O–H groups in total. The van der Waals surface area contributed by atoms with Gasteiger partial charge in [-0.2, -0.15) is 5.10 Å². The number of ether oxygens (including phenoxy) is 3. The Kier molecular flexibility index (Phi) is 8.14. The van der Waals surface area contributed by atoms with Crippen LogP contribution in [0, 0.1) is 0 Å². The van der Waals surface area contributed by atoms with Crippen LogP contribution in [0.5, 0.6) is 11.5 Å². The monoisotopic (exact) mass is 457 g/mol. The van der Waals surface area contributed by atoms with Crippen LogP contribution in [0.25, 0.3) is 0 Å². The first-order valence-corrected chi connectivity index (χ1v) is 12.2. The molecule has 1 aromatic heterocycles. The van der Waals surface area contributed by atoms with E-state index in [9.17, 15) is 4.79 Å². The standard InChI is InChI=1S/C24H31N3O4S/c1-2-30-22-15-18(7-8-21(22)31-14-11-27-9-12-29-13-10-27)16-25-26-24(28)20-17-32-23-6-4-3-5-19(20)23/h7-8,15-17H,2-6,9-14H2,1H3,(H,26,28)/b25-16-. The van der Waals surface area contributed by atoms with E-state index in [1.165, 1.54) is 16.9 Å². The topological polar surface area (TPSA) is 72.4 Å². The van der Waals surface area contributed by atoms with E-state index in [0.29, 0.717) is 24.7 Å². The number of rotatable bonds is 9. The number of fused-ring (bicyclic) bond motifs is 1. The van der Waals surface area contributed by atoms with E-state index in [4.69, 9.17) is 14.2 Å². The van der Waals surface area contributed by atoms with Crippen LogP contribution < -0.4 is 14.9 Å². The Hall–Kier alpha value is -2.42. The first kappa shape index (κ1) is 22.8. The van der Waals surface area contributed by atoms with Crippen LogP contribution in [-0.2, 0) is 17.6 Å². The summed E-state index contributed by atoms with van der Waals surface area (Å²) in [6.07, 6.45) is 6.06. The first-order valence-electron chi connectivity index (χ1n) is 11.4. The van der Waals surface area contributed by atoms with Crippen LogP contribution in [-0.4, -0.2) is 63.1 Å². The summed E-state index contributed by atoms with van der Waals surface area (Å²) in [4.78, 5) is 16.2. The third-order valence-electron chi connectivity index (χ3n) is 5.72. The van der Waals surface area contributed by atoms with E-state index >= 15 is 0 Å². The molecule has 0 atom stereocenters. The summed E-state index contributed by atoms with van der Waals surface area (Å²) in [5, 5.41) is 6.12. The lowest BCUT2D eigenvalue weighted by molar-refractivity contribution is 0.0321. The Morgan fingerprint density at radius 3 is 2.91 bits per heavy atom. The highest BCUT2D eigenvalue weighted by molar-refractivity contribution is 7.10. The van der Waals surface area contributed by atoms with Gasteiger partial charge in [0.1, 0.15) is 6.61 Å². The number of hydrogen-bond acceptors (Lipinski definition) is 7. The lowest BCUT2D eigenvalue weighted by atomic mass is 9.96. The molecule has 1 saturated heterocycles. The lowest BCUT2D eigenvalue weighted by Crippen LogP contribution is -2.38. The highest BCUT2D eigenvalue weighted by atomic mass is 32.1. The molecule has 4 rings (SSSR count). The van der Waals surface area contributed by atoms with Crippen LogP contribution in [0.3, 0.4) is 0 Å². The maximum Gasteiger partial charge on any atom is 0.272 e. The third kappa shape index (κ3) is 5.88. The Bertz CT molecular complexity index is 937. The first-order chi connectivity index (χ1) is 15.7. The third-order valence-corrected chi connectivity index (χ3v) is 6.81. The molecule has 8 heteroatoms. The number of amides is 1. The summed E-state index contributed by atoms with van der Waals surface area (Å²) in [6, 6.07) is 5.69. The molecule has 0 saturated carbocycles. The second-order valence-electron chi connectivity index (χ2n) is 7.90. The number of morpholine rings is 1. The van der Waals surface area contributed by atoms with Gasteiger partial charge in [0.05, 0.1) is 31.6 Å². The Labute approximate surface area is 193 Å². The van der Waals surface area contributed by atoms with Crippen LogP contribution in [0.2, 0.25) is 0 Å². The van der Waals surface area contributed by atoms with Gasteiger partial charge in [-0.1, -0.05) is 0 Å². The van der Waals surface area contributed by atoms with Gasteiger partial charge in [-0.15, -0.1) is 11.3 Å². The Morgan fingerprint density at radius 1 is 1.22 bits per heavy atom. The van der Waals surface area contributed by atoms with E-state index in [1.807, 2.05) is 30.5 Å². The molecule has 1 aromatic carbocycles. The number of nitrogens with one attached hydrogen (secondary N) is 1. The zero-order valence-corrected chi connectivity index (χ0v) is 19.4. The molecule has 1 aliphatic carbocycles. The van der Waals surface area contributed by atoms with E-state index in [2.05, 4.69) is 15.4 Å². The minimum absolute atomic E-state index is 0.145. The molecule has 32 heavy (non-hydrogen) atoms. The molecule has 2 aromatic rings. The number of benzene rings is 1. The fourth-order valence-electron chi connectivity index (χ4n) is 4.01. The van der Waals surface area contributed by atoms with Crippen molar-refractivity contribution in [3.05, 3.63) is 45.1 Å². The average Bonchev–Trinajstić information content (AvgIpc) is 3.26. The molecule has 0 radical (unpaired) electrons. The number of aryl methyl sites for hydroxylation is 1. The number of carbonyl (C=O) groups is 1. The summed E-state index contributed by atoms with van der Waals surface area (Å²) in [5.74, 6) is 1.25. The predicted molar refractivity (Wildman–Crippen MR) is 126 cm³/mol. The van der Waals surface area contributed by atoms with Crippen LogP contribution in [0.1, 0.15) is 46.1 Å². The maximum absolute atomic E-state index is 12.6. The minimum Gasteiger partial charge on any atom is -0.490 e. The summed E-state index contributed by atoms with van der Waals surface area (Å²) in [7, 11) is 0. The van der Waals surface area contributed by atoms with Gasteiger partial charge < -0.3 is 14.2 Å². The second kappa shape index (κ2) is 11.4. The minimum atomic E-state index is -0.145. The number of hydrazone groups is 1. The largest absolute Gasteiger partial charge is 0.490 e. The number of carbonyl (C=O) groups excluding carboxylic acids is 1. The molecule has 7 nitrogen and oxygen atoms in total. The summed E-state index contributed by atoms with van der Waals surface area (Å²) >= 11 is 1.68. The quantitative estimate of drug-likeness (QED) is 0.461. The van der Waals surface area contributed by atoms with Crippen LogP contribution >= 0.6 is 11.3 Å². The number of thiophene rings is 1. The fraction of sp³-hybridized carbons (Fsp3) is 0.500. The van der Waals surface area contributed by atoms with Crippen molar-refractivity contribution in [3.63, 3.8) is 0 Å². The fourth-order valence-corrected chi connectivity index (χ4v) is 5.14. The van der Waals surface area contributed by atoms with Gasteiger partial charge in [0.25, 0.3) is 5.91 Å². The second-order valence-corrected chi connectivity index (χ2v) is 8.86. The molecular weight excluding hydrogens is 426 g/mol. The molecule has 2 aliphatic rings. The highest BCUT2D eigenvalue weighted by Crippen LogP contribution is 2.30. The zero-order chi connectivity index (χ0) is 22.2. The summed E-state index contributed by atoms with van der Waals surface area (Å²) < 4.78 is 17.1. The number of nitrogens with zero attached hydrogens (tertiary/aromatic N) is 2. The predicted octanol–water partition coefficient (Wildman–Crippen LogP) is 3.50. The summed E-state index contributed by atoms with van der Waals surface area (Å²) in [6.45, 7) is 7.38. The molecule has 2 heterocycles. The van der Waals surface area contributed by atoms with Crippen LogP contribution in [0.4, 0.5) is 0 Å². The van der Waals surface area contributed by atoms with E-state index < -0.39 is 0 Å². The normalized spacial score (nSPS) is 16.7. The molecule has 1 amide bonds. The summed E-state index contributed by atoms with van der Waals surface area (Å²) in [5.41, 5.74) is 5.47. The molecule has 0 spiro atoms. The van der Waals surface area contributed by atoms with Crippen molar-refractivity contribution in [1.82, 2.24) is 10.3 Å². The number of hydrogen-bond donors (Lipinski definition) is 1. The lowest BCUT2D eigenvalue weighted by Gasteiger charge is -2.26. The van der Waals surface area contributed by atoms with Crippen molar-refractivity contribution in [2.24, 2.45) is 5.10 Å². The molecule has 1 fully saturated rings. The molecule has 172 valence electrons. The van der Waals surface area contributed by atoms with Crippen molar-refractivity contribution in [1.29, 1.82) is 0 Å². The van der Waals surface area contributed by atoms with Gasteiger partial charge in [0.15, 0.2) is 11.5 Å². The van der Waals surface area contributed by atoms with E-state index in [0.717, 1.165) is 63.2 Å². The van der Waals surface area contributed by atoms with Gasteiger partial charge in [0, 0.05) is 29.9 Å². The smallest absolute Gasteiger partial charge is 0.272 e. The molecule has 0 unspecified atom stereocenters. The molecule has 1 aliphatic heterocycles. The van der Waals surface area contributed by atoms with Gasteiger partial charge in [0.2, 0.25) is 0 Å². The van der Waals surface area contributed by atoms with Gasteiger partial charge in [-0.25, -0.2) is 5.43 Å². The van der Waals surface area contributed by atoms with Crippen molar-refractivity contribution in [3.8, 4) is 11.5 Å².